The van der Waals surface area contributed by atoms with E-state index < -0.39 is 0 Å². The normalized spacial score (nSPS) is 19.3. The van der Waals surface area contributed by atoms with Crippen LogP contribution in [0.4, 0.5) is 0 Å². The van der Waals surface area contributed by atoms with E-state index in [0.717, 1.165) is 34.8 Å². The predicted molar refractivity (Wildman–Crippen MR) is 64.0 cm³/mol. The predicted octanol–water partition coefficient (Wildman–Crippen LogP) is 2.93. The summed E-state index contributed by atoms with van der Waals surface area (Å²) in [5.74, 6) is 0.250. The molecule has 0 radical (unpaired) electrons. The molecular formula is C12H17NO2S. The Labute approximate surface area is 99.8 Å². The van der Waals surface area contributed by atoms with E-state index >= 15 is 0 Å². The zero-order chi connectivity index (χ0) is 11.8. The largest absolute Gasteiger partial charge is 0.371 e. The average molecular weight is 239 g/mol. The van der Waals surface area contributed by atoms with E-state index in [9.17, 15) is 4.79 Å². The van der Waals surface area contributed by atoms with Crippen molar-refractivity contribution in [3.05, 3.63) is 15.6 Å². The molecule has 1 unspecified atom stereocenters. The van der Waals surface area contributed by atoms with Gasteiger partial charge in [-0.1, -0.05) is 6.92 Å². The van der Waals surface area contributed by atoms with Gasteiger partial charge in [-0.2, -0.15) is 0 Å². The van der Waals surface area contributed by atoms with Gasteiger partial charge >= 0.3 is 0 Å². The Kier molecular flexibility index (Phi) is 3.13. The molecular weight excluding hydrogens is 222 g/mol. The molecule has 3 nitrogen and oxygen atoms in total. The third-order valence-electron chi connectivity index (χ3n) is 3.35. The van der Waals surface area contributed by atoms with Crippen molar-refractivity contribution in [1.29, 1.82) is 0 Å². The quantitative estimate of drug-likeness (QED) is 0.814. The summed E-state index contributed by atoms with van der Waals surface area (Å²) in [6.45, 7) is 4.10. The number of ether oxygens (including phenoxy) is 1. The fraction of sp³-hybridized carbons (Fsp3) is 0.667. The molecule has 16 heavy (non-hydrogen) atoms. The lowest BCUT2D eigenvalue weighted by Crippen LogP contribution is -2.22. The second-order valence-electron chi connectivity index (χ2n) is 4.36. The number of aromatic nitrogens is 1. The molecule has 0 aliphatic heterocycles. The third kappa shape index (κ3) is 1.80. The van der Waals surface area contributed by atoms with Gasteiger partial charge < -0.3 is 4.74 Å². The molecule has 0 saturated carbocycles. The number of ketones is 1. The molecule has 88 valence electrons. The second-order valence-corrected chi connectivity index (χ2v) is 5.36. The summed E-state index contributed by atoms with van der Waals surface area (Å²) in [5.41, 5.74) is 0.635. The zero-order valence-corrected chi connectivity index (χ0v) is 10.8. The van der Waals surface area contributed by atoms with Gasteiger partial charge in [0, 0.05) is 13.5 Å². The Morgan fingerprint density at radius 3 is 2.81 bits per heavy atom. The third-order valence-corrected chi connectivity index (χ3v) is 4.73. The number of hydrogen-bond acceptors (Lipinski definition) is 4. The standard InChI is InChI=1S/C12H17NO2S/c1-4-12(2,15-3)11-13-8-6-5-7-9(14)10(8)16-11/h4-7H2,1-3H3. The van der Waals surface area contributed by atoms with Crippen molar-refractivity contribution in [3.63, 3.8) is 0 Å². The molecule has 1 aromatic heterocycles. The topological polar surface area (TPSA) is 39.2 Å². The summed E-state index contributed by atoms with van der Waals surface area (Å²) in [6.07, 6.45) is 3.40. The summed E-state index contributed by atoms with van der Waals surface area (Å²) < 4.78 is 5.52. The first-order chi connectivity index (χ1) is 7.60. The Balaban J connectivity index is 2.41. The van der Waals surface area contributed by atoms with Gasteiger partial charge in [0.05, 0.1) is 10.6 Å². The molecule has 0 amide bonds. The van der Waals surface area contributed by atoms with Crippen molar-refractivity contribution < 1.29 is 9.53 Å². The molecule has 0 spiro atoms. The molecule has 1 aromatic rings. The maximum atomic E-state index is 11.7. The number of rotatable bonds is 3. The molecule has 1 atom stereocenters. The smallest absolute Gasteiger partial charge is 0.174 e. The first-order valence-electron chi connectivity index (χ1n) is 5.69. The van der Waals surface area contributed by atoms with Crippen molar-refractivity contribution >= 4 is 17.1 Å². The summed E-state index contributed by atoms with van der Waals surface area (Å²) in [5, 5.41) is 0.942. The number of carbonyl (C=O) groups is 1. The molecule has 0 N–H and O–H groups in total. The van der Waals surface area contributed by atoms with Crippen LogP contribution in [0.5, 0.6) is 0 Å². The van der Waals surface area contributed by atoms with Crippen molar-refractivity contribution in [1.82, 2.24) is 4.98 Å². The van der Waals surface area contributed by atoms with Crippen LogP contribution in [-0.2, 0) is 16.8 Å². The Morgan fingerprint density at radius 2 is 2.25 bits per heavy atom. The SMILES string of the molecule is CCC(C)(OC)c1nc2c(s1)C(=O)CCC2. The summed E-state index contributed by atoms with van der Waals surface area (Å²) in [6, 6.07) is 0. The maximum absolute atomic E-state index is 11.7. The second kappa shape index (κ2) is 4.26. The van der Waals surface area contributed by atoms with E-state index in [0.29, 0.717) is 6.42 Å². The average Bonchev–Trinajstić information content (AvgIpc) is 2.74. The van der Waals surface area contributed by atoms with Gasteiger partial charge in [0.25, 0.3) is 0 Å². The highest BCUT2D eigenvalue weighted by Gasteiger charge is 2.31. The maximum Gasteiger partial charge on any atom is 0.174 e. The van der Waals surface area contributed by atoms with E-state index in [1.807, 2.05) is 6.92 Å². The van der Waals surface area contributed by atoms with Crippen molar-refractivity contribution in [2.75, 3.05) is 7.11 Å². The van der Waals surface area contributed by atoms with Gasteiger partial charge in [0.15, 0.2) is 5.78 Å². The Hall–Kier alpha value is -0.740. The van der Waals surface area contributed by atoms with Gasteiger partial charge in [0.1, 0.15) is 10.6 Å². The van der Waals surface area contributed by atoms with Crippen molar-refractivity contribution in [2.24, 2.45) is 0 Å². The van der Waals surface area contributed by atoms with Crippen LogP contribution in [0.3, 0.4) is 0 Å². The highest BCUT2D eigenvalue weighted by atomic mass is 32.1. The number of hydrogen-bond donors (Lipinski definition) is 0. The van der Waals surface area contributed by atoms with E-state index in [1.54, 1.807) is 7.11 Å². The van der Waals surface area contributed by atoms with Crippen LogP contribution in [0.1, 0.15) is 53.5 Å². The monoisotopic (exact) mass is 239 g/mol. The van der Waals surface area contributed by atoms with Crippen LogP contribution < -0.4 is 0 Å². The number of thiazole rings is 1. The van der Waals surface area contributed by atoms with Crippen LogP contribution in [0.25, 0.3) is 0 Å². The van der Waals surface area contributed by atoms with Crippen LogP contribution in [0, 0.1) is 0 Å². The van der Waals surface area contributed by atoms with Crippen molar-refractivity contribution in [3.8, 4) is 0 Å². The first-order valence-corrected chi connectivity index (χ1v) is 6.51. The van der Waals surface area contributed by atoms with Crippen LogP contribution in [0.2, 0.25) is 0 Å². The number of aryl methyl sites for hydroxylation is 1. The van der Waals surface area contributed by atoms with E-state index in [-0.39, 0.29) is 11.4 Å². The van der Waals surface area contributed by atoms with Crippen LogP contribution >= 0.6 is 11.3 Å². The molecule has 1 heterocycles. The van der Waals surface area contributed by atoms with Gasteiger partial charge in [-0.25, -0.2) is 4.98 Å². The van der Waals surface area contributed by atoms with E-state index in [1.165, 1.54) is 11.3 Å². The summed E-state index contributed by atoms with van der Waals surface area (Å²) in [7, 11) is 1.70. The van der Waals surface area contributed by atoms with Gasteiger partial charge in [-0.15, -0.1) is 11.3 Å². The highest BCUT2D eigenvalue weighted by molar-refractivity contribution is 7.14. The van der Waals surface area contributed by atoms with Crippen LogP contribution in [0.15, 0.2) is 0 Å². The fourth-order valence-electron chi connectivity index (χ4n) is 1.88. The lowest BCUT2D eigenvalue weighted by Gasteiger charge is -2.23. The lowest BCUT2D eigenvalue weighted by molar-refractivity contribution is -0.00167. The molecule has 4 heteroatoms. The summed E-state index contributed by atoms with van der Waals surface area (Å²) in [4.78, 5) is 17.2. The molecule has 0 saturated heterocycles. The minimum absolute atomic E-state index is 0.250. The van der Waals surface area contributed by atoms with Gasteiger partial charge in [0.2, 0.25) is 0 Å². The number of nitrogens with zero attached hydrogens (tertiary/aromatic N) is 1. The fourth-order valence-corrected chi connectivity index (χ4v) is 3.15. The van der Waals surface area contributed by atoms with Crippen LogP contribution in [-0.4, -0.2) is 17.9 Å². The number of fused-ring (bicyclic) bond motifs is 1. The minimum atomic E-state index is -0.345. The summed E-state index contributed by atoms with van der Waals surface area (Å²) >= 11 is 1.51. The molecule has 2 rings (SSSR count). The van der Waals surface area contributed by atoms with Gasteiger partial charge in [-0.05, 0) is 26.2 Å². The first kappa shape index (κ1) is 11.7. The molecule has 0 bridgehead atoms. The highest BCUT2D eigenvalue weighted by Crippen LogP contribution is 2.35. The Morgan fingerprint density at radius 1 is 1.50 bits per heavy atom. The zero-order valence-electron chi connectivity index (χ0n) is 10.0. The van der Waals surface area contributed by atoms with E-state index in [2.05, 4.69) is 11.9 Å². The molecule has 0 aromatic carbocycles. The minimum Gasteiger partial charge on any atom is -0.371 e. The number of carbonyl (C=O) groups excluding carboxylic acids is 1. The number of methoxy groups -OCH3 is 1. The molecule has 1 aliphatic carbocycles. The van der Waals surface area contributed by atoms with Gasteiger partial charge in [-0.3, -0.25) is 4.79 Å². The van der Waals surface area contributed by atoms with E-state index in [4.69, 9.17) is 4.74 Å². The number of Topliss-reactive ketones (excluding diaryl/α,β-unsaturated/α-hetero) is 1. The van der Waals surface area contributed by atoms with Crippen molar-refractivity contribution in [2.45, 2.75) is 45.1 Å². The lowest BCUT2D eigenvalue weighted by atomic mass is 10.0. The molecule has 1 aliphatic rings. The Bertz CT molecular complexity index is 407. The molecule has 0 fully saturated rings.